The molecule has 21 heavy (non-hydrogen) atoms. The second-order valence-electron chi connectivity index (χ2n) is 5.36. The third-order valence-electron chi connectivity index (χ3n) is 3.41. The van der Waals surface area contributed by atoms with Crippen LogP contribution in [0, 0.1) is 5.82 Å². The average Bonchev–Trinajstić information content (AvgIpc) is 2.83. The van der Waals surface area contributed by atoms with Crippen molar-refractivity contribution in [2.24, 2.45) is 0 Å². The number of rotatable bonds is 6. The minimum absolute atomic E-state index is 0.139. The average molecular weight is 354 g/mol. The van der Waals surface area contributed by atoms with Crippen LogP contribution in [0.15, 0.2) is 34.9 Å². The van der Waals surface area contributed by atoms with E-state index >= 15 is 0 Å². The van der Waals surface area contributed by atoms with Gasteiger partial charge in [-0.15, -0.1) is 0 Å². The number of hydrogen-bond acceptors (Lipinski definition) is 2. The van der Waals surface area contributed by atoms with Gasteiger partial charge in [0.25, 0.3) is 0 Å². The fourth-order valence-electron chi connectivity index (χ4n) is 2.46. The molecular formula is C16H21BrFN3. The van der Waals surface area contributed by atoms with Crippen LogP contribution in [0.4, 0.5) is 4.39 Å². The fraction of sp³-hybridized carbons (Fsp3) is 0.438. The van der Waals surface area contributed by atoms with E-state index in [2.05, 4.69) is 47.1 Å². The van der Waals surface area contributed by atoms with Crippen LogP contribution in [-0.4, -0.2) is 16.3 Å². The van der Waals surface area contributed by atoms with E-state index in [0.717, 1.165) is 28.7 Å². The summed E-state index contributed by atoms with van der Waals surface area (Å²) in [4.78, 5) is 0. The molecule has 0 aliphatic rings. The van der Waals surface area contributed by atoms with Crippen LogP contribution < -0.4 is 5.32 Å². The molecule has 3 nitrogen and oxygen atoms in total. The molecule has 1 heterocycles. The summed E-state index contributed by atoms with van der Waals surface area (Å²) < 4.78 is 16.1. The molecule has 1 atom stereocenters. The highest BCUT2D eigenvalue weighted by Gasteiger charge is 2.21. The Morgan fingerprint density at radius 1 is 1.29 bits per heavy atom. The maximum atomic E-state index is 13.0. The van der Waals surface area contributed by atoms with Crippen molar-refractivity contribution in [3.63, 3.8) is 0 Å². The molecule has 1 N–H and O–H groups in total. The SMILES string of the molecule is CCNC(Cc1ccc(F)cc1)c1c(Br)cnn1C(C)C. The largest absolute Gasteiger partial charge is 0.309 e. The van der Waals surface area contributed by atoms with Crippen LogP contribution in [0.1, 0.15) is 44.1 Å². The molecule has 1 aromatic heterocycles. The Hall–Kier alpha value is -1.20. The third kappa shape index (κ3) is 3.92. The van der Waals surface area contributed by atoms with Crippen molar-refractivity contribution in [2.75, 3.05) is 6.54 Å². The lowest BCUT2D eigenvalue weighted by atomic mass is 10.0. The van der Waals surface area contributed by atoms with Gasteiger partial charge in [0.15, 0.2) is 0 Å². The van der Waals surface area contributed by atoms with Gasteiger partial charge in [-0.2, -0.15) is 5.10 Å². The van der Waals surface area contributed by atoms with E-state index < -0.39 is 0 Å². The second kappa shape index (κ2) is 7.18. The van der Waals surface area contributed by atoms with Crippen LogP contribution in [0.5, 0.6) is 0 Å². The lowest BCUT2D eigenvalue weighted by Crippen LogP contribution is -2.26. The van der Waals surface area contributed by atoms with Crippen LogP contribution in [0.25, 0.3) is 0 Å². The minimum atomic E-state index is -0.202. The molecule has 0 aliphatic carbocycles. The summed E-state index contributed by atoms with van der Waals surface area (Å²) >= 11 is 3.60. The van der Waals surface area contributed by atoms with Crippen molar-refractivity contribution in [1.82, 2.24) is 15.1 Å². The highest BCUT2D eigenvalue weighted by Crippen LogP contribution is 2.28. The number of hydrogen-bond donors (Lipinski definition) is 1. The van der Waals surface area contributed by atoms with E-state index in [1.807, 2.05) is 23.0 Å². The molecule has 1 aromatic carbocycles. The zero-order valence-corrected chi connectivity index (χ0v) is 14.2. The molecule has 2 rings (SSSR count). The Bertz CT molecular complexity index is 578. The predicted octanol–water partition coefficient (Wildman–Crippen LogP) is 4.26. The van der Waals surface area contributed by atoms with E-state index in [1.54, 1.807) is 0 Å². The van der Waals surface area contributed by atoms with Crippen molar-refractivity contribution in [1.29, 1.82) is 0 Å². The molecule has 0 saturated carbocycles. The standard InChI is InChI=1S/C16H21BrFN3/c1-4-19-15(9-12-5-7-13(18)8-6-12)16-14(17)10-20-21(16)11(2)3/h5-8,10-11,15,19H,4,9H2,1-3H3. The highest BCUT2D eigenvalue weighted by atomic mass is 79.9. The lowest BCUT2D eigenvalue weighted by molar-refractivity contribution is 0.446. The summed E-state index contributed by atoms with van der Waals surface area (Å²) in [5.41, 5.74) is 2.24. The first-order chi connectivity index (χ1) is 10.0. The van der Waals surface area contributed by atoms with E-state index in [0.29, 0.717) is 6.04 Å². The summed E-state index contributed by atoms with van der Waals surface area (Å²) in [7, 11) is 0. The Labute approximate surface area is 133 Å². The molecule has 1 unspecified atom stereocenters. The van der Waals surface area contributed by atoms with Gasteiger partial charge >= 0.3 is 0 Å². The molecule has 5 heteroatoms. The van der Waals surface area contributed by atoms with Crippen molar-refractivity contribution in [3.8, 4) is 0 Å². The summed E-state index contributed by atoms with van der Waals surface area (Å²) in [6.07, 6.45) is 2.63. The van der Waals surface area contributed by atoms with Gasteiger partial charge in [-0.25, -0.2) is 4.39 Å². The van der Waals surface area contributed by atoms with E-state index in [1.165, 1.54) is 12.1 Å². The van der Waals surface area contributed by atoms with E-state index in [-0.39, 0.29) is 11.9 Å². The molecule has 0 amide bonds. The Kier molecular flexibility index (Phi) is 5.53. The van der Waals surface area contributed by atoms with Gasteiger partial charge in [0, 0.05) is 6.04 Å². The normalized spacial score (nSPS) is 12.9. The van der Waals surface area contributed by atoms with Crippen LogP contribution >= 0.6 is 15.9 Å². The molecule has 2 aromatic rings. The smallest absolute Gasteiger partial charge is 0.123 e. The fourth-order valence-corrected chi connectivity index (χ4v) is 3.01. The molecule has 0 spiro atoms. The van der Waals surface area contributed by atoms with E-state index in [4.69, 9.17) is 0 Å². The molecule has 0 radical (unpaired) electrons. The number of likely N-dealkylation sites (N-methyl/N-ethyl adjacent to an activating group) is 1. The lowest BCUT2D eigenvalue weighted by Gasteiger charge is -2.22. The number of aromatic nitrogens is 2. The van der Waals surface area contributed by atoms with Crippen molar-refractivity contribution in [2.45, 2.75) is 39.3 Å². The number of nitrogens with zero attached hydrogens (tertiary/aromatic N) is 2. The Morgan fingerprint density at radius 2 is 1.95 bits per heavy atom. The first kappa shape index (κ1) is 16.2. The first-order valence-corrected chi connectivity index (χ1v) is 8.03. The van der Waals surface area contributed by atoms with Gasteiger partial charge in [-0.05, 0) is 60.4 Å². The number of benzene rings is 1. The second-order valence-corrected chi connectivity index (χ2v) is 6.21. The first-order valence-electron chi connectivity index (χ1n) is 7.23. The van der Waals surface area contributed by atoms with E-state index in [9.17, 15) is 4.39 Å². The van der Waals surface area contributed by atoms with Gasteiger partial charge in [0.2, 0.25) is 0 Å². The monoisotopic (exact) mass is 353 g/mol. The maximum Gasteiger partial charge on any atom is 0.123 e. The molecule has 0 saturated heterocycles. The summed E-state index contributed by atoms with van der Waals surface area (Å²) in [6, 6.07) is 7.12. The quantitative estimate of drug-likeness (QED) is 0.840. The molecule has 0 aliphatic heterocycles. The molecule has 0 fully saturated rings. The Morgan fingerprint density at radius 3 is 2.52 bits per heavy atom. The molecular weight excluding hydrogens is 333 g/mol. The topological polar surface area (TPSA) is 29.9 Å². The van der Waals surface area contributed by atoms with Crippen molar-refractivity contribution < 1.29 is 4.39 Å². The molecule has 0 bridgehead atoms. The van der Waals surface area contributed by atoms with Gasteiger partial charge in [-0.1, -0.05) is 19.1 Å². The Balaban J connectivity index is 2.30. The summed E-state index contributed by atoms with van der Waals surface area (Å²) in [5.74, 6) is -0.202. The van der Waals surface area contributed by atoms with Crippen LogP contribution in [-0.2, 0) is 6.42 Å². The predicted molar refractivity (Wildman–Crippen MR) is 86.8 cm³/mol. The maximum absolute atomic E-state index is 13.0. The van der Waals surface area contributed by atoms with Crippen molar-refractivity contribution in [3.05, 3.63) is 52.0 Å². The number of nitrogens with one attached hydrogen (secondary N) is 1. The summed E-state index contributed by atoms with van der Waals surface area (Å²) in [6.45, 7) is 7.18. The van der Waals surface area contributed by atoms with Gasteiger partial charge in [0.05, 0.1) is 22.4 Å². The zero-order valence-electron chi connectivity index (χ0n) is 12.6. The minimum Gasteiger partial charge on any atom is -0.309 e. The van der Waals surface area contributed by atoms with Crippen LogP contribution in [0.2, 0.25) is 0 Å². The zero-order chi connectivity index (χ0) is 15.4. The van der Waals surface area contributed by atoms with Gasteiger partial charge < -0.3 is 5.32 Å². The van der Waals surface area contributed by atoms with Gasteiger partial charge in [-0.3, -0.25) is 4.68 Å². The summed E-state index contributed by atoms with van der Waals surface area (Å²) in [5, 5.41) is 7.94. The highest BCUT2D eigenvalue weighted by molar-refractivity contribution is 9.10. The number of halogens is 2. The van der Waals surface area contributed by atoms with Gasteiger partial charge in [0.1, 0.15) is 5.82 Å². The van der Waals surface area contributed by atoms with Crippen molar-refractivity contribution >= 4 is 15.9 Å². The molecule has 114 valence electrons. The third-order valence-corrected chi connectivity index (χ3v) is 4.02. The van der Waals surface area contributed by atoms with Crippen LogP contribution in [0.3, 0.4) is 0 Å².